The van der Waals surface area contributed by atoms with Crippen LogP contribution in [0.1, 0.15) is 33.8 Å². The summed E-state index contributed by atoms with van der Waals surface area (Å²) in [4.78, 5) is 24.1. The van der Waals surface area contributed by atoms with Crippen LogP contribution in [-0.4, -0.2) is 52.1 Å². The number of nitrogens with two attached hydrogens (primary N) is 1. The van der Waals surface area contributed by atoms with Crippen LogP contribution >= 0.6 is 11.3 Å². The van der Waals surface area contributed by atoms with E-state index in [9.17, 15) is 4.39 Å². The van der Waals surface area contributed by atoms with Gasteiger partial charge in [-0.3, -0.25) is 0 Å². The number of hydrogen-bond donors (Lipinski definition) is 1. The molecule has 0 radical (unpaired) electrons. The number of aromatic nitrogens is 4. The molecule has 0 unspecified atom stereocenters. The third kappa shape index (κ3) is 5.71. The molecule has 1 aliphatic rings. The highest BCUT2D eigenvalue weighted by Gasteiger charge is 2.24. The van der Waals surface area contributed by atoms with Crippen LogP contribution in [-0.2, 0) is 19.5 Å². The number of fused-ring (bicyclic) bond motifs is 2. The lowest BCUT2D eigenvalue weighted by molar-refractivity contribution is 0.329. The standard InChI is InChI=1S/C31H32FN7OS/c1-18-11-21(22-14-26-30(34-15-22)41-31(33)36-26)13-23-16-39(9-10-40-28(18)23)29-25(12-20-5-7-24(32)8-6-20)19(2)35-27(37-29)17-38(3)4/h5-8,11,13-15H,9-10,12,16-17H2,1-4H3,(H2,33,36). The summed E-state index contributed by atoms with van der Waals surface area (Å²) in [6, 6.07) is 13.0. The van der Waals surface area contributed by atoms with Crippen LogP contribution in [0.5, 0.6) is 5.75 Å². The lowest BCUT2D eigenvalue weighted by Crippen LogP contribution is -2.29. The Labute approximate surface area is 242 Å². The second-order valence-electron chi connectivity index (χ2n) is 10.7. The SMILES string of the molecule is Cc1cc(-c2cnc3sc(N)nc3c2)cc2c1OCCN(c1nc(CN(C)C)nc(C)c1Cc1ccc(F)cc1)C2. The van der Waals surface area contributed by atoms with Crippen molar-refractivity contribution in [3.8, 4) is 16.9 Å². The maximum Gasteiger partial charge on any atom is 0.182 e. The lowest BCUT2D eigenvalue weighted by Gasteiger charge is -2.26. The molecular formula is C31H32FN7OS. The fourth-order valence-corrected chi connectivity index (χ4v) is 5.98. The average Bonchev–Trinajstić information content (AvgIpc) is 3.16. The molecule has 0 spiro atoms. The van der Waals surface area contributed by atoms with Crippen molar-refractivity contribution in [2.45, 2.75) is 33.4 Å². The van der Waals surface area contributed by atoms with Crippen LogP contribution in [0.2, 0.25) is 0 Å². The van der Waals surface area contributed by atoms with E-state index in [1.54, 1.807) is 0 Å². The van der Waals surface area contributed by atoms with Gasteiger partial charge in [0.05, 0.1) is 13.1 Å². The number of nitrogen functional groups attached to an aromatic ring is 1. The van der Waals surface area contributed by atoms with E-state index >= 15 is 0 Å². The van der Waals surface area contributed by atoms with E-state index < -0.39 is 0 Å². The molecule has 3 aromatic heterocycles. The first-order chi connectivity index (χ1) is 19.7. The first-order valence-electron chi connectivity index (χ1n) is 13.5. The van der Waals surface area contributed by atoms with Gasteiger partial charge in [0.15, 0.2) is 5.13 Å². The summed E-state index contributed by atoms with van der Waals surface area (Å²) >= 11 is 1.39. The maximum atomic E-state index is 13.6. The molecule has 0 aliphatic carbocycles. The molecule has 5 aromatic rings. The molecule has 10 heteroatoms. The van der Waals surface area contributed by atoms with Crippen molar-refractivity contribution in [2.24, 2.45) is 0 Å². The lowest BCUT2D eigenvalue weighted by atomic mass is 9.99. The van der Waals surface area contributed by atoms with Crippen LogP contribution in [0.15, 0.2) is 48.7 Å². The summed E-state index contributed by atoms with van der Waals surface area (Å²) in [6.07, 6.45) is 2.48. The number of thiazole rings is 1. The van der Waals surface area contributed by atoms with E-state index in [1.165, 1.54) is 23.5 Å². The minimum Gasteiger partial charge on any atom is -0.491 e. The third-order valence-electron chi connectivity index (χ3n) is 7.21. The predicted molar refractivity (Wildman–Crippen MR) is 162 cm³/mol. The van der Waals surface area contributed by atoms with Crippen LogP contribution in [0, 0.1) is 19.7 Å². The summed E-state index contributed by atoms with van der Waals surface area (Å²) in [5, 5.41) is 0.511. The molecule has 0 bridgehead atoms. The minimum atomic E-state index is -0.247. The molecule has 0 fully saturated rings. The highest BCUT2D eigenvalue weighted by Crippen LogP contribution is 2.36. The van der Waals surface area contributed by atoms with Gasteiger partial charge in [-0.2, -0.15) is 0 Å². The molecule has 0 saturated carbocycles. The molecule has 0 atom stereocenters. The molecule has 210 valence electrons. The summed E-state index contributed by atoms with van der Waals surface area (Å²) in [7, 11) is 4.02. The Morgan fingerprint density at radius 3 is 2.63 bits per heavy atom. The number of pyridine rings is 1. The third-order valence-corrected chi connectivity index (χ3v) is 8.02. The molecule has 41 heavy (non-hydrogen) atoms. The zero-order chi connectivity index (χ0) is 28.7. The topological polar surface area (TPSA) is 93.3 Å². The fourth-order valence-electron chi connectivity index (χ4n) is 5.32. The zero-order valence-corrected chi connectivity index (χ0v) is 24.4. The number of halogens is 1. The number of aryl methyl sites for hydroxylation is 2. The smallest absolute Gasteiger partial charge is 0.182 e. The minimum absolute atomic E-state index is 0.247. The molecule has 0 saturated heterocycles. The number of rotatable bonds is 6. The van der Waals surface area contributed by atoms with Gasteiger partial charge in [-0.15, -0.1) is 0 Å². The Hall–Kier alpha value is -4.15. The van der Waals surface area contributed by atoms with E-state index in [-0.39, 0.29) is 5.82 Å². The molecule has 4 heterocycles. The molecule has 8 nitrogen and oxygen atoms in total. The summed E-state index contributed by atoms with van der Waals surface area (Å²) in [6.45, 7) is 6.56. The van der Waals surface area contributed by atoms with Gasteiger partial charge in [-0.05, 0) is 75.0 Å². The molecular weight excluding hydrogens is 537 g/mol. The molecule has 6 rings (SSSR count). The van der Waals surface area contributed by atoms with E-state index in [1.807, 2.05) is 45.4 Å². The number of ether oxygens (including phenoxy) is 1. The van der Waals surface area contributed by atoms with Gasteiger partial charge in [-0.1, -0.05) is 23.5 Å². The number of nitrogens with zero attached hydrogens (tertiary/aromatic N) is 6. The highest BCUT2D eigenvalue weighted by molar-refractivity contribution is 7.21. The van der Waals surface area contributed by atoms with Crippen molar-refractivity contribution in [2.75, 3.05) is 37.9 Å². The Balaban J connectivity index is 1.40. The van der Waals surface area contributed by atoms with Crippen LogP contribution in [0.3, 0.4) is 0 Å². The van der Waals surface area contributed by atoms with E-state index in [4.69, 9.17) is 20.4 Å². The predicted octanol–water partition coefficient (Wildman–Crippen LogP) is 5.54. The largest absolute Gasteiger partial charge is 0.491 e. The number of hydrogen-bond acceptors (Lipinski definition) is 9. The Morgan fingerprint density at radius 1 is 1.05 bits per heavy atom. The van der Waals surface area contributed by atoms with Gasteiger partial charge in [-0.25, -0.2) is 24.3 Å². The number of benzene rings is 2. The van der Waals surface area contributed by atoms with Crippen molar-refractivity contribution in [1.29, 1.82) is 0 Å². The van der Waals surface area contributed by atoms with Crippen LogP contribution in [0.25, 0.3) is 21.5 Å². The van der Waals surface area contributed by atoms with Crippen molar-refractivity contribution in [3.63, 3.8) is 0 Å². The van der Waals surface area contributed by atoms with Gasteiger partial charge in [0.25, 0.3) is 0 Å². The van der Waals surface area contributed by atoms with Crippen LogP contribution < -0.4 is 15.4 Å². The van der Waals surface area contributed by atoms with Crippen molar-refractivity contribution in [1.82, 2.24) is 24.8 Å². The van der Waals surface area contributed by atoms with Gasteiger partial charge in [0.1, 0.15) is 40.2 Å². The quantitative estimate of drug-likeness (QED) is 0.285. The first kappa shape index (κ1) is 27.0. The summed E-state index contributed by atoms with van der Waals surface area (Å²) in [5.41, 5.74) is 13.8. The maximum absolute atomic E-state index is 13.6. The second kappa shape index (κ2) is 11.0. The van der Waals surface area contributed by atoms with Crippen LogP contribution in [0.4, 0.5) is 15.3 Å². The van der Waals surface area contributed by atoms with Crippen molar-refractivity contribution < 1.29 is 9.13 Å². The van der Waals surface area contributed by atoms with Gasteiger partial charge in [0.2, 0.25) is 0 Å². The van der Waals surface area contributed by atoms with Crippen molar-refractivity contribution in [3.05, 3.63) is 88.3 Å². The Kier molecular flexibility index (Phi) is 7.27. The second-order valence-corrected chi connectivity index (χ2v) is 11.7. The average molecular weight is 570 g/mol. The van der Waals surface area contributed by atoms with E-state index in [0.29, 0.717) is 37.8 Å². The zero-order valence-electron chi connectivity index (χ0n) is 23.6. The Bertz CT molecular complexity index is 1740. The molecule has 2 aromatic carbocycles. The van der Waals surface area contributed by atoms with Gasteiger partial charge < -0.3 is 20.3 Å². The molecule has 0 amide bonds. The fraction of sp³-hybridized carbons (Fsp3) is 0.290. The number of anilines is 2. The van der Waals surface area contributed by atoms with Crippen molar-refractivity contribution >= 4 is 32.6 Å². The molecule has 2 N–H and O–H groups in total. The first-order valence-corrected chi connectivity index (χ1v) is 14.3. The normalized spacial score (nSPS) is 13.4. The van der Waals surface area contributed by atoms with Gasteiger partial charge >= 0.3 is 0 Å². The summed E-state index contributed by atoms with van der Waals surface area (Å²) < 4.78 is 20.0. The monoisotopic (exact) mass is 569 g/mol. The van der Waals surface area contributed by atoms with E-state index in [2.05, 4.69) is 38.8 Å². The molecule has 1 aliphatic heterocycles. The van der Waals surface area contributed by atoms with Gasteiger partial charge in [0, 0.05) is 41.5 Å². The highest BCUT2D eigenvalue weighted by atomic mass is 32.1. The summed E-state index contributed by atoms with van der Waals surface area (Å²) in [5.74, 6) is 2.31. The van der Waals surface area contributed by atoms with E-state index in [0.717, 1.165) is 66.8 Å². The Morgan fingerprint density at radius 2 is 1.85 bits per heavy atom.